The van der Waals surface area contributed by atoms with E-state index in [-0.39, 0.29) is 17.6 Å². The number of benzene rings is 1. The summed E-state index contributed by atoms with van der Waals surface area (Å²) < 4.78 is 27.6. The van der Waals surface area contributed by atoms with Crippen LogP contribution in [0, 0.1) is 0 Å². The van der Waals surface area contributed by atoms with E-state index in [0.717, 1.165) is 12.2 Å². The number of nitrogens with two attached hydrogens (primary N) is 1. The number of ether oxygens (including phenoxy) is 1. The van der Waals surface area contributed by atoms with E-state index in [1.807, 2.05) is 24.3 Å². The molecule has 0 bridgehead atoms. The monoisotopic (exact) mass is 269 g/mol. The van der Waals surface area contributed by atoms with Gasteiger partial charge in [-0.05, 0) is 36.6 Å². The van der Waals surface area contributed by atoms with Crippen LogP contribution in [0.25, 0.3) is 0 Å². The third-order valence-electron chi connectivity index (χ3n) is 3.23. The summed E-state index contributed by atoms with van der Waals surface area (Å²) in [7, 11) is -2.82. The van der Waals surface area contributed by atoms with E-state index in [4.69, 9.17) is 10.5 Å². The van der Waals surface area contributed by atoms with Gasteiger partial charge in [-0.2, -0.15) is 0 Å². The molecule has 1 aromatic carbocycles. The molecule has 1 aromatic rings. The molecule has 0 spiro atoms. The lowest BCUT2D eigenvalue weighted by molar-refractivity contribution is 0.230. The fraction of sp³-hybridized carbons (Fsp3) is 0.538. The molecule has 1 aliphatic rings. The van der Waals surface area contributed by atoms with Crippen molar-refractivity contribution >= 4 is 9.84 Å². The fourth-order valence-electron chi connectivity index (χ4n) is 2.07. The maximum Gasteiger partial charge on any atom is 0.157 e. The van der Waals surface area contributed by atoms with Crippen LogP contribution >= 0.6 is 0 Å². The summed E-state index contributed by atoms with van der Waals surface area (Å²) in [5.41, 5.74) is 6.76. The van der Waals surface area contributed by atoms with Crippen molar-refractivity contribution in [3.8, 4) is 5.75 Å². The van der Waals surface area contributed by atoms with E-state index in [2.05, 4.69) is 6.92 Å². The summed E-state index contributed by atoms with van der Waals surface area (Å²) in [5.74, 6) is 1.45. The molecule has 0 aliphatic carbocycles. The van der Waals surface area contributed by atoms with Gasteiger partial charge < -0.3 is 10.5 Å². The van der Waals surface area contributed by atoms with Gasteiger partial charge in [0.15, 0.2) is 9.84 Å². The van der Waals surface area contributed by atoms with Gasteiger partial charge in [-0.15, -0.1) is 0 Å². The molecule has 2 N–H and O–H groups in total. The Hall–Kier alpha value is -1.07. The van der Waals surface area contributed by atoms with Gasteiger partial charge in [0.25, 0.3) is 0 Å². The fourth-order valence-corrected chi connectivity index (χ4v) is 3.24. The Kier molecular flexibility index (Phi) is 3.92. The first-order valence-corrected chi connectivity index (χ1v) is 7.99. The van der Waals surface area contributed by atoms with Gasteiger partial charge in [-0.25, -0.2) is 8.42 Å². The van der Waals surface area contributed by atoms with Crippen LogP contribution in [-0.2, 0) is 9.84 Å². The van der Waals surface area contributed by atoms with Gasteiger partial charge >= 0.3 is 0 Å². The van der Waals surface area contributed by atoms with Crippen LogP contribution < -0.4 is 10.5 Å². The van der Waals surface area contributed by atoms with Crippen LogP contribution in [0.15, 0.2) is 24.3 Å². The van der Waals surface area contributed by atoms with E-state index < -0.39 is 9.84 Å². The van der Waals surface area contributed by atoms with Crippen LogP contribution in [0.2, 0.25) is 0 Å². The van der Waals surface area contributed by atoms with E-state index >= 15 is 0 Å². The SMILES string of the molecule is CC(CCN)c1ccc(OC2CS(=O)(=O)C2)cc1. The van der Waals surface area contributed by atoms with E-state index in [9.17, 15) is 8.42 Å². The maximum atomic E-state index is 11.0. The molecule has 4 nitrogen and oxygen atoms in total. The normalized spacial score (nSPS) is 20.1. The number of hydrogen-bond acceptors (Lipinski definition) is 4. The predicted octanol–water partition coefficient (Wildman–Crippen LogP) is 1.31. The zero-order valence-electron chi connectivity index (χ0n) is 10.5. The van der Waals surface area contributed by atoms with Crippen LogP contribution in [0.5, 0.6) is 5.75 Å². The molecule has 100 valence electrons. The highest BCUT2D eigenvalue weighted by molar-refractivity contribution is 7.92. The third-order valence-corrected chi connectivity index (χ3v) is 4.99. The second kappa shape index (κ2) is 5.28. The molecule has 18 heavy (non-hydrogen) atoms. The highest BCUT2D eigenvalue weighted by Crippen LogP contribution is 2.24. The smallest absolute Gasteiger partial charge is 0.157 e. The summed E-state index contributed by atoms with van der Waals surface area (Å²) in [6.07, 6.45) is 0.781. The number of hydrogen-bond donors (Lipinski definition) is 1. The summed E-state index contributed by atoms with van der Waals surface area (Å²) >= 11 is 0. The molecule has 1 fully saturated rings. The molecule has 1 atom stereocenters. The highest BCUT2D eigenvalue weighted by Gasteiger charge is 2.35. The average Bonchev–Trinajstić information content (AvgIpc) is 2.28. The molecule has 5 heteroatoms. The first kappa shape index (κ1) is 13.4. The van der Waals surface area contributed by atoms with E-state index in [1.54, 1.807) is 0 Å². The van der Waals surface area contributed by atoms with E-state index in [0.29, 0.717) is 12.5 Å². The summed E-state index contributed by atoms with van der Waals surface area (Å²) in [6, 6.07) is 7.83. The first-order valence-electron chi connectivity index (χ1n) is 6.17. The van der Waals surface area contributed by atoms with E-state index in [1.165, 1.54) is 5.56 Å². The predicted molar refractivity (Wildman–Crippen MR) is 71.6 cm³/mol. The minimum atomic E-state index is -2.82. The molecule has 1 heterocycles. The first-order chi connectivity index (χ1) is 8.50. The highest BCUT2D eigenvalue weighted by atomic mass is 32.2. The molecule has 0 radical (unpaired) electrons. The van der Waals surface area contributed by atoms with Gasteiger partial charge in [0.1, 0.15) is 11.9 Å². The topological polar surface area (TPSA) is 69.4 Å². The minimum Gasteiger partial charge on any atom is -0.488 e. The van der Waals surface area contributed by atoms with Crippen molar-refractivity contribution in [2.24, 2.45) is 5.73 Å². The van der Waals surface area contributed by atoms with Gasteiger partial charge in [0.2, 0.25) is 0 Å². The second-order valence-corrected chi connectivity index (χ2v) is 7.02. The summed E-state index contributed by atoms with van der Waals surface area (Å²) in [5, 5.41) is 0. The second-order valence-electron chi connectivity index (χ2n) is 4.86. The zero-order valence-corrected chi connectivity index (χ0v) is 11.3. The van der Waals surface area contributed by atoms with Crippen LogP contribution in [-0.4, -0.2) is 32.6 Å². The number of sulfone groups is 1. The molecule has 0 saturated carbocycles. The van der Waals surface area contributed by atoms with Crippen molar-refractivity contribution in [2.75, 3.05) is 18.1 Å². The standard InChI is InChI=1S/C13H19NO3S/c1-10(6-7-14)11-2-4-12(5-3-11)17-13-8-18(15,16)9-13/h2-5,10,13H,6-9,14H2,1H3. The maximum absolute atomic E-state index is 11.0. The Morgan fingerprint density at radius 3 is 2.44 bits per heavy atom. The van der Waals surface area contributed by atoms with Crippen LogP contribution in [0.3, 0.4) is 0 Å². The van der Waals surface area contributed by atoms with Crippen molar-refractivity contribution in [1.82, 2.24) is 0 Å². The minimum absolute atomic E-state index is 0.137. The van der Waals surface area contributed by atoms with Gasteiger partial charge in [0.05, 0.1) is 11.5 Å². The average molecular weight is 269 g/mol. The van der Waals surface area contributed by atoms with Crippen LogP contribution in [0.1, 0.15) is 24.8 Å². The third kappa shape index (κ3) is 3.23. The molecule has 0 amide bonds. The Bertz CT molecular complexity index is 483. The Labute approximate surface area is 108 Å². The summed E-state index contributed by atoms with van der Waals surface area (Å²) in [4.78, 5) is 0. The quantitative estimate of drug-likeness (QED) is 0.875. The van der Waals surface area contributed by atoms with Crippen LogP contribution in [0.4, 0.5) is 0 Å². The number of rotatable bonds is 5. The van der Waals surface area contributed by atoms with Crippen molar-refractivity contribution < 1.29 is 13.2 Å². The Balaban J connectivity index is 1.92. The van der Waals surface area contributed by atoms with Gasteiger partial charge in [-0.3, -0.25) is 0 Å². The van der Waals surface area contributed by atoms with Crippen molar-refractivity contribution in [3.63, 3.8) is 0 Å². The lowest BCUT2D eigenvalue weighted by atomic mass is 9.98. The lowest BCUT2D eigenvalue weighted by Gasteiger charge is -2.26. The van der Waals surface area contributed by atoms with Crippen molar-refractivity contribution in [1.29, 1.82) is 0 Å². The molecular weight excluding hydrogens is 250 g/mol. The lowest BCUT2D eigenvalue weighted by Crippen LogP contribution is -2.45. The molecule has 0 aromatic heterocycles. The van der Waals surface area contributed by atoms with Gasteiger partial charge in [-0.1, -0.05) is 19.1 Å². The van der Waals surface area contributed by atoms with Crippen molar-refractivity contribution in [2.45, 2.75) is 25.4 Å². The Morgan fingerprint density at radius 1 is 1.33 bits per heavy atom. The Morgan fingerprint density at radius 2 is 1.94 bits per heavy atom. The molecule has 1 saturated heterocycles. The summed E-state index contributed by atoms with van der Waals surface area (Å²) in [6.45, 7) is 2.82. The molecular formula is C13H19NO3S. The largest absolute Gasteiger partial charge is 0.488 e. The molecule has 1 unspecified atom stereocenters. The molecule has 2 rings (SSSR count). The molecule has 1 aliphatic heterocycles. The van der Waals surface area contributed by atoms with Gasteiger partial charge in [0, 0.05) is 0 Å². The van der Waals surface area contributed by atoms with Crippen molar-refractivity contribution in [3.05, 3.63) is 29.8 Å². The zero-order chi connectivity index (χ0) is 13.2.